The summed E-state index contributed by atoms with van der Waals surface area (Å²) in [5.41, 5.74) is 3.00. The van der Waals surface area contributed by atoms with Gasteiger partial charge in [-0.3, -0.25) is 4.79 Å². The van der Waals surface area contributed by atoms with Crippen LogP contribution in [0.4, 0.5) is 5.69 Å². The largest absolute Gasteiger partial charge is 0.467 e. The molecule has 0 fully saturated rings. The van der Waals surface area contributed by atoms with Gasteiger partial charge in [0.1, 0.15) is 5.76 Å². The fraction of sp³-hybridized carbons (Fsp3) is 0.0952. The molecule has 3 nitrogen and oxygen atoms in total. The zero-order valence-electron chi connectivity index (χ0n) is 13.6. The highest BCUT2D eigenvalue weighted by atomic mass is 16.3. The Hall–Kier alpha value is -3.07. The van der Waals surface area contributed by atoms with Gasteiger partial charge in [0.2, 0.25) is 0 Å². The zero-order valence-corrected chi connectivity index (χ0v) is 13.6. The van der Waals surface area contributed by atoms with Crippen LogP contribution in [0.3, 0.4) is 0 Å². The number of carbonyl (C=O) groups is 1. The van der Waals surface area contributed by atoms with Crippen LogP contribution in [0.15, 0.2) is 83.5 Å². The van der Waals surface area contributed by atoms with Gasteiger partial charge in [-0.2, -0.15) is 0 Å². The van der Waals surface area contributed by atoms with E-state index in [4.69, 9.17) is 4.42 Å². The Morgan fingerprint density at radius 2 is 1.75 bits per heavy atom. The van der Waals surface area contributed by atoms with Crippen molar-refractivity contribution in [1.29, 1.82) is 0 Å². The summed E-state index contributed by atoms with van der Waals surface area (Å²) in [6.45, 7) is 2.42. The second kappa shape index (κ2) is 7.47. The maximum absolute atomic E-state index is 12.7. The van der Waals surface area contributed by atoms with E-state index in [0.717, 1.165) is 22.6 Å². The third kappa shape index (κ3) is 4.02. The summed E-state index contributed by atoms with van der Waals surface area (Å²) in [6, 6.07) is 21.4. The van der Waals surface area contributed by atoms with Gasteiger partial charge in [0.15, 0.2) is 0 Å². The number of carbonyl (C=O) groups excluding carboxylic acids is 1. The standard InChI is InChI=1S/C21H19NO2/c1-17-9-12-19(13-10-17)22(16-20-8-5-15-24-20)21(23)14-11-18-6-3-2-4-7-18/h2-15H,16H2,1H3/b14-11+. The average Bonchev–Trinajstić information content (AvgIpc) is 3.13. The zero-order chi connectivity index (χ0) is 16.8. The SMILES string of the molecule is Cc1ccc(N(Cc2ccco2)C(=O)/C=C/c2ccccc2)cc1. The van der Waals surface area contributed by atoms with Crippen LogP contribution in [0, 0.1) is 6.92 Å². The molecule has 24 heavy (non-hydrogen) atoms. The maximum Gasteiger partial charge on any atom is 0.251 e. The van der Waals surface area contributed by atoms with Gasteiger partial charge in [-0.05, 0) is 42.8 Å². The minimum Gasteiger partial charge on any atom is -0.467 e. The monoisotopic (exact) mass is 317 g/mol. The number of hydrogen-bond acceptors (Lipinski definition) is 2. The van der Waals surface area contributed by atoms with Gasteiger partial charge in [0.25, 0.3) is 5.91 Å². The van der Waals surface area contributed by atoms with Crippen LogP contribution in [0.5, 0.6) is 0 Å². The quantitative estimate of drug-likeness (QED) is 0.631. The van der Waals surface area contributed by atoms with E-state index in [1.165, 1.54) is 0 Å². The molecule has 0 bridgehead atoms. The van der Waals surface area contributed by atoms with Crippen LogP contribution in [0.25, 0.3) is 6.08 Å². The Morgan fingerprint density at radius 1 is 1.00 bits per heavy atom. The van der Waals surface area contributed by atoms with E-state index in [1.54, 1.807) is 17.2 Å². The minimum absolute atomic E-state index is 0.0842. The number of anilines is 1. The maximum atomic E-state index is 12.7. The van der Waals surface area contributed by atoms with Crippen molar-refractivity contribution in [2.75, 3.05) is 4.90 Å². The third-order valence-corrected chi connectivity index (χ3v) is 3.72. The molecule has 0 radical (unpaired) electrons. The van der Waals surface area contributed by atoms with Crippen LogP contribution in [-0.4, -0.2) is 5.91 Å². The highest BCUT2D eigenvalue weighted by molar-refractivity contribution is 6.03. The molecule has 0 N–H and O–H groups in total. The lowest BCUT2D eigenvalue weighted by Gasteiger charge is -2.20. The molecule has 0 unspecified atom stereocenters. The van der Waals surface area contributed by atoms with E-state index >= 15 is 0 Å². The lowest BCUT2D eigenvalue weighted by Crippen LogP contribution is -2.28. The molecule has 0 aliphatic heterocycles. The van der Waals surface area contributed by atoms with Crippen LogP contribution >= 0.6 is 0 Å². The topological polar surface area (TPSA) is 33.5 Å². The minimum atomic E-state index is -0.0842. The van der Waals surface area contributed by atoms with Crippen molar-refractivity contribution in [3.8, 4) is 0 Å². The Kier molecular flexibility index (Phi) is 4.92. The molecule has 2 aromatic carbocycles. The molecule has 120 valence electrons. The normalized spacial score (nSPS) is 10.9. The number of furan rings is 1. The molecule has 3 heteroatoms. The third-order valence-electron chi connectivity index (χ3n) is 3.72. The summed E-state index contributed by atoms with van der Waals surface area (Å²) in [5.74, 6) is 0.663. The fourth-order valence-corrected chi connectivity index (χ4v) is 2.40. The molecule has 0 aliphatic rings. The second-order valence-corrected chi connectivity index (χ2v) is 5.58. The number of benzene rings is 2. The molecule has 3 rings (SSSR count). The van der Waals surface area contributed by atoms with Crippen LogP contribution < -0.4 is 4.90 Å². The van der Waals surface area contributed by atoms with E-state index in [0.29, 0.717) is 6.54 Å². The van der Waals surface area contributed by atoms with Gasteiger partial charge in [0, 0.05) is 11.8 Å². The molecule has 0 spiro atoms. The number of rotatable bonds is 5. The van der Waals surface area contributed by atoms with E-state index in [-0.39, 0.29) is 5.91 Å². The molecule has 0 saturated carbocycles. The summed E-state index contributed by atoms with van der Waals surface area (Å²) >= 11 is 0. The first-order valence-electron chi connectivity index (χ1n) is 7.86. The average molecular weight is 317 g/mol. The van der Waals surface area contributed by atoms with E-state index < -0.39 is 0 Å². The molecule has 0 saturated heterocycles. The predicted molar refractivity (Wildman–Crippen MR) is 96.6 cm³/mol. The van der Waals surface area contributed by atoms with Crippen molar-refractivity contribution in [2.45, 2.75) is 13.5 Å². The lowest BCUT2D eigenvalue weighted by atomic mass is 10.2. The van der Waals surface area contributed by atoms with E-state index in [1.807, 2.05) is 79.7 Å². The van der Waals surface area contributed by atoms with Gasteiger partial charge < -0.3 is 9.32 Å². The van der Waals surface area contributed by atoms with Crippen LogP contribution in [0.2, 0.25) is 0 Å². The van der Waals surface area contributed by atoms with Gasteiger partial charge in [-0.25, -0.2) is 0 Å². The number of amides is 1. The fourth-order valence-electron chi connectivity index (χ4n) is 2.40. The molecule has 1 amide bonds. The van der Waals surface area contributed by atoms with Gasteiger partial charge in [0.05, 0.1) is 12.8 Å². The Labute approximate surface area is 141 Å². The summed E-state index contributed by atoms with van der Waals surface area (Å²) < 4.78 is 5.40. The first-order valence-corrected chi connectivity index (χ1v) is 7.86. The lowest BCUT2D eigenvalue weighted by molar-refractivity contribution is -0.114. The molecule has 0 aliphatic carbocycles. The predicted octanol–water partition coefficient (Wildman–Crippen LogP) is 4.83. The second-order valence-electron chi connectivity index (χ2n) is 5.58. The highest BCUT2D eigenvalue weighted by Crippen LogP contribution is 2.19. The van der Waals surface area contributed by atoms with E-state index in [2.05, 4.69) is 0 Å². The van der Waals surface area contributed by atoms with Crippen molar-refractivity contribution >= 4 is 17.7 Å². The highest BCUT2D eigenvalue weighted by Gasteiger charge is 2.15. The summed E-state index contributed by atoms with van der Waals surface area (Å²) in [5, 5.41) is 0. The number of nitrogens with zero attached hydrogens (tertiary/aromatic N) is 1. The summed E-state index contributed by atoms with van der Waals surface area (Å²) in [7, 11) is 0. The summed E-state index contributed by atoms with van der Waals surface area (Å²) in [4.78, 5) is 14.4. The Morgan fingerprint density at radius 3 is 2.42 bits per heavy atom. The van der Waals surface area contributed by atoms with Crippen molar-refractivity contribution in [3.63, 3.8) is 0 Å². The first kappa shape index (κ1) is 15.8. The molecule has 1 aromatic heterocycles. The van der Waals surface area contributed by atoms with E-state index in [9.17, 15) is 4.79 Å². The molecular formula is C21H19NO2. The first-order chi connectivity index (χ1) is 11.7. The Bertz CT molecular complexity index is 803. The van der Waals surface area contributed by atoms with Crippen molar-refractivity contribution in [2.24, 2.45) is 0 Å². The van der Waals surface area contributed by atoms with Crippen molar-refractivity contribution in [3.05, 3.63) is 96.0 Å². The van der Waals surface area contributed by atoms with Gasteiger partial charge in [-0.1, -0.05) is 48.0 Å². The number of hydrogen-bond donors (Lipinski definition) is 0. The molecule has 0 atom stereocenters. The molecule has 3 aromatic rings. The number of aryl methyl sites for hydroxylation is 1. The van der Waals surface area contributed by atoms with Crippen molar-refractivity contribution in [1.82, 2.24) is 0 Å². The van der Waals surface area contributed by atoms with Crippen molar-refractivity contribution < 1.29 is 9.21 Å². The van der Waals surface area contributed by atoms with Crippen LogP contribution in [-0.2, 0) is 11.3 Å². The molecule has 1 heterocycles. The molecular weight excluding hydrogens is 298 g/mol. The van der Waals surface area contributed by atoms with Gasteiger partial charge in [-0.15, -0.1) is 0 Å². The van der Waals surface area contributed by atoms with Crippen LogP contribution in [0.1, 0.15) is 16.9 Å². The van der Waals surface area contributed by atoms with Gasteiger partial charge >= 0.3 is 0 Å². The Balaban J connectivity index is 1.84. The smallest absolute Gasteiger partial charge is 0.251 e. The summed E-state index contributed by atoms with van der Waals surface area (Å²) in [6.07, 6.45) is 5.04.